The van der Waals surface area contributed by atoms with Gasteiger partial charge in [0.25, 0.3) is 0 Å². The first-order valence-corrected chi connectivity index (χ1v) is 7.88. The Morgan fingerprint density at radius 1 is 1.04 bits per heavy atom. The number of rotatable bonds is 6. The van der Waals surface area contributed by atoms with Crippen LogP contribution in [0, 0.1) is 0 Å². The molecule has 0 aliphatic heterocycles. The molecule has 1 aromatic rings. The second-order valence-corrected chi connectivity index (χ2v) is 4.80. The summed E-state index contributed by atoms with van der Waals surface area (Å²) >= 11 is 0. The molecule has 0 spiro atoms. The van der Waals surface area contributed by atoms with E-state index in [4.69, 9.17) is 0 Å². The predicted octanol–water partition coefficient (Wildman–Crippen LogP) is 5.77. The molecule has 2 nitrogen and oxygen atoms in total. The molecule has 1 aromatic carbocycles. The number of aliphatic imine (C=N–C) groups is 1. The van der Waals surface area contributed by atoms with Crippen molar-refractivity contribution in [1.82, 2.24) is 0 Å². The van der Waals surface area contributed by atoms with E-state index in [0.29, 0.717) is 0 Å². The van der Waals surface area contributed by atoms with Crippen molar-refractivity contribution in [2.75, 3.05) is 7.05 Å². The number of carbonyl (C=O) groups excluding carboxylic acids is 1. The summed E-state index contributed by atoms with van der Waals surface area (Å²) < 4.78 is 0. The second kappa shape index (κ2) is 13.9. The van der Waals surface area contributed by atoms with Crippen molar-refractivity contribution in [3.05, 3.63) is 96.7 Å². The maximum absolute atomic E-state index is 10.6. The number of nitrogens with zero attached hydrogens (tertiary/aromatic N) is 1. The first-order valence-electron chi connectivity index (χ1n) is 7.88. The first-order chi connectivity index (χ1) is 11.6. The summed E-state index contributed by atoms with van der Waals surface area (Å²) in [5.74, 6) is 0.121. The lowest BCUT2D eigenvalue weighted by Gasteiger charge is -1.92. The fourth-order valence-electron chi connectivity index (χ4n) is 1.63. The molecule has 0 amide bonds. The summed E-state index contributed by atoms with van der Waals surface area (Å²) in [5.41, 5.74) is 2.79. The third-order valence-corrected chi connectivity index (χ3v) is 2.94. The normalized spacial score (nSPS) is 12.5. The summed E-state index contributed by atoms with van der Waals surface area (Å²) in [6.07, 6.45) is 15.7. The van der Waals surface area contributed by atoms with Crippen molar-refractivity contribution < 1.29 is 4.79 Å². The Morgan fingerprint density at radius 2 is 1.71 bits per heavy atom. The van der Waals surface area contributed by atoms with Crippen LogP contribution < -0.4 is 0 Å². The highest BCUT2D eigenvalue weighted by atomic mass is 16.1. The van der Waals surface area contributed by atoms with Crippen LogP contribution in [-0.2, 0) is 0 Å². The molecule has 0 aliphatic carbocycles. The topological polar surface area (TPSA) is 29.4 Å². The van der Waals surface area contributed by atoms with Crippen LogP contribution >= 0.6 is 0 Å². The van der Waals surface area contributed by atoms with Gasteiger partial charge in [-0.2, -0.15) is 0 Å². The maximum Gasteiger partial charge on any atom is 0.159 e. The van der Waals surface area contributed by atoms with E-state index in [1.54, 1.807) is 14.0 Å². The fourth-order valence-corrected chi connectivity index (χ4v) is 1.63. The zero-order chi connectivity index (χ0) is 18.2. The molecule has 0 N–H and O–H groups in total. The van der Waals surface area contributed by atoms with Crippen LogP contribution in [0.3, 0.4) is 0 Å². The Kier molecular flexibility index (Phi) is 12.3. The minimum atomic E-state index is 0.121. The molecule has 2 heteroatoms. The molecule has 0 unspecified atom stereocenters. The molecule has 0 heterocycles. The van der Waals surface area contributed by atoms with Gasteiger partial charge in [0.1, 0.15) is 0 Å². The predicted molar refractivity (Wildman–Crippen MR) is 107 cm³/mol. The second-order valence-electron chi connectivity index (χ2n) is 4.80. The van der Waals surface area contributed by atoms with Gasteiger partial charge in [0.15, 0.2) is 5.78 Å². The Hall–Kier alpha value is -2.74. The van der Waals surface area contributed by atoms with Crippen molar-refractivity contribution in [1.29, 1.82) is 0 Å². The molecule has 0 fully saturated rings. The van der Waals surface area contributed by atoms with Crippen molar-refractivity contribution in [2.24, 2.45) is 4.99 Å². The molecule has 0 aromatic heterocycles. The third-order valence-electron chi connectivity index (χ3n) is 2.94. The quantitative estimate of drug-likeness (QED) is 0.372. The first kappa shape index (κ1) is 21.3. The number of allylic oxidation sites excluding steroid dienone is 9. The standard InChI is InChI=1S/C14H19N.C8H8O/c1-5-8-10-13(7-3)11-12-14(15-4)9-6-2;1-7(9)8-5-3-2-4-6-8/h5-12H,3H2,1-2,4H3;2-6H,1H3/b8-5-,9-6-,12-11+,13-10+,15-14?;. The van der Waals surface area contributed by atoms with Gasteiger partial charge >= 0.3 is 0 Å². The molecule has 126 valence electrons. The monoisotopic (exact) mass is 321 g/mol. The Balaban J connectivity index is 0.000000496. The van der Waals surface area contributed by atoms with E-state index >= 15 is 0 Å². The van der Waals surface area contributed by atoms with Crippen molar-refractivity contribution >= 4 is 11.5 Å². The van der Waals surface area contributed by atoms with Crippen LogP contribution in [0.2, 0.25) is 0 Å². The molecule has 0 atom stereocenters. The van der Waals surface area contributed by atoms with E-state index in [0.717, 1.165) is 16.8 Å². The minimum absolute atomic E-state index is 0.121. The van der Waals surface area contributed by atoms with Gasteiger partial charge in [0.05, 0.1) is 5.71 Å². The molecule has 0 bridgehead atoms. The lowest BCUT2D eigenvalue weighted by molar-refractivity contribution is 0.101. The highest BCUT2D eigenvalue weighted by Crippen LogP contribution is 2.00. The van der Waals surface area contributed by atoms with Gasteiger partial charge < -0.3 is 0 Å². The Labute approximate surface area is 146 Å². The number of hydrogen-bond donors (Lipinski definition) is 0. The average molecular weight is 321 g/mol. The zero-order valence-corrected chi connectivity index (χ0v) is 15.1. The summed E-state index contributed by atoms with van der Waals surface area (Å²) in [4.78, 5) is 14.8. The lowest BCUT2D eigenvalue weighted by atomic mass is 10.2. The summed E-state index contributed by atoms with van der Waals surface area (Å²) in [7, 11) is 1.78. The molecule has 0 saturated carbocycles. The Morgan fingerprint density at radius 3 is 2.12 bits per heavy atom. The van der Waals surface area contributed by atoms with E-state index in [1.807, 2.05) is 92.8 Å². The van der Waals surface area contributed by atoms with E-state index in [2.05, 4.69) is 11.6 Å². The molecule has 1 rings (SSSR count). The minimum Gasteiger partial charge on any atom is -0.295 e. The fraction of sp³-hybridized carbons (Fsp3) is 0.182. The zero-order valence-electron chi connectivity index (χ0n) is 15.1. The van der Waals surface area contributed by atoms with E-state index < -0.39 is 0 Å². The van der Waals surface area contributed by atoms with Crippen LogP contribution in [0.4, 0.5) is 0 Å². The highest BCUT2D eigenvalue weighted by Gasteiger charge is 1.92. The highest BCUT2D eigenvalue weighted by molar-refractivity contribution is 6.04. The van der Waals surface area contributed by atoms with Crippen LogP contribution in [0.25, 0.3) is 0 Å². The molecular formula is C22H27NO. The van der Waals surface area contributed by atoms with Gasteiger partial charge in [-0.15, -0.1) is 0 Å². The third kappa shape index (κ3) is 10.1. The molecule has 0 aliphatic rings. The number of hydrogen-bond acceptors (Lipinski definition) is 2. The van der Waals surface area contributed by atoms with E-state index in [1.165, 1.54) is 0 Å². The van der Waals surface area contributed by atoms with Gasteiger partial charge in [-0.1, -0.05) is 73.4 Å². The van der Waals surface area contributed by atoms with Gasteiger partial charge in [-0.25, -0.2) is 0 Å². The van der Waals surface area contributed by atoms with Crippen molar-refractivity contribution in [2.45, 2.75) is 20.8 Å². The average Bonchev–Trinajstić information content (AvgIpc) is 2.62. The molecule has 0 saturated heterocycles. The SMILES string of the molecule is C=CC(/C=C/C(/C=C\C)=NC)=C\C=C/C.CC(=O)c1ccccc1. The smallest absolute Gasteiger partial charge is 0.159 e. The van der Waals surface area contributed by atoms with Gasteiger partial charge in [0.2, 0.25) is 0 Å². The van der Waals surface area contributed by atoms with Crippen LogP contribution in [-0.4, -0.2) is 18.5 Å². The molecular weight excluding hydrogens is 294 g/mol. The van der Waals surface area contributed by atoms with Gasteiger partial charge in [-0.3, -0.25) is 9.79 Å². The maximum atomic E-state index is 10.6. The Bertz CT molecular complexity index is 644. The number of carbonyl (C=O) groups is 1. The molecule has 24 heavy (non-hydrogen) atoms. The van der Waals surface area contributed by atoms with E-state index in [9.17, 15) is 4.79 Å². The summed E-state index contributed by atoms with van der Waals surface area (Å²) in [6.45, 7) is 9.28. The van der Waals surface area contributed by atoms with Crippen LogP contribution in [0.5, 0.6) is 0 Å². The number of Topliss-reactive ketones (excluding diaryl/α,β-unsaturated/α-hetero) is 1. The van der Waals surface area contributed by atoms with Gasteiger partial charge in [-0.05, 0) is 38.5 Å². The van der Waals surface area contributed by atoms with Crippen molar-refractivity contribution in [3.8, 4) is 0 Å². The number of benzene rings is 1. The lowest BCUT2D eigenvalue weighted by Crippen LogP contribution is -1.88. The summed E-state index contributed by atoms with van der Waals surface area (Å²) in [6, 6.07) is 9.23. The van der Waals surface area contributed by atoms with Crippen LogP contribution in [0.15, 0.2) is 96.1 Å². The van der Waals surface area contributed by atoms with Gasteiger partial charge in [0, 0.05) is 12.6 Å². The van der Waals surface area contributed by atoms with Crippen molar-refractivity contribution in [3.63, 3.8) is 0 Å². The largest absolute Gasteiger partial charge is 0.295 e. The van der Waals surface area contributed by atoms with E-state index in [-0.39, 0.29) is 5.78 Å². The summed E-state index contributed by atoms with van der Waals surface area (Å²) in [5, 5.41) is 0. The van der Waals surface area contributed by atoms with Crippen LogP contribution in [0.1, 0.15) is 31.1 Å². The molecule has 0 radical (unpaired) electrons. The number of ketones is 1.